The highest BCUT2D eigenvalue weighted by molar-refractivity contribution is 6.17. The molecule has 0 aliphatic heterocycles. The molecule has 4 bridgehead atoms. The second-order valence-electron chi connectivity index (χ2n) is 5.62. The summed E-state index contributed by atoms with van der Waals surface area (Å²) >= 11 is 5.53. The van der Waals surface area contributed by atoms with Crippen molar-refractivity contribution in [3.8, 4) is 0 Å². The molecule has 3 nitrogen and oxygen atoms in total. The lowest BCUT2D eigenvalue weighted by Gasteiger charge is -2.52. The van der Waals surface area contributed by atoms with E-state index in [1.54, 1.807) is 0 Å². The van der Waals surface area contributed by atoms with E-state index in [4.69, 9.17) is 21.1 Å². The molecule has 0 amide bonds. The third-order valence-corrected chi connectivity index (χ3v) is 4.78. The van der Waals surface area contributed by atoms with Crippen LogP contribution in [0.2, 0.25) is 0 Å². The van der Waals surface area contributed by atoms with Crippen LogP contribution in [0.5, 0.6) is 0 Å². The van der Waals surface area contributed by atoms with Crippen LogP contribution in [0.1, 0.15) is 25.7 Å². The summed E-state index contributed by atoms with van der Waals surface area (Å²) in [7, 11) is 0. The predicted octanol–water partition coefficient (Wildman–Crippen LogP) is 2.22. The maximum absolute atomic E-state index is 12.1. The van der Waals surface area contributed by atoms with Crippen molar-refractivity contribution in [2.75, 3.05) is 19.3 Å². The first-order valence-corrected chi connectivity index (χ1v) is 7.12. The Morgan fingerprint density at radius 3 is 2.94 bits per heavy atom. The third-order valence-electron chi connectivity index (χ3n) is 4.62. The summed E-state index contributed by atoms with van der Waals surface area (Å²) in [6.45, 7) is 0.801. The molecule has 5 atom stereocenters. The van der Waals surface area contributed by atoms with Gasteiger partial charge < -0.3 is 9.47 Å². The van der Waals surface area contributed by atoms with Crippen LogP contribution in [0.4, 0.5) is 0 Å². The van der Waals surface area contributed by atoms with Gasteiger partial charge in [0.15, 0.2) is 0 Å². The van der Waals surface area contributed by atoms with Gasteiger partial charge in [-0.05, 0) is 37.5 Å². The summed E-state index contributed by atoms with van der Waals surface area (Å²) in [5.74, 6) is 2.83. The number of halogens is 1. The van der Waals surface area contributed by atoms with E-state index in [0.29, 0.717) is 30.1 Å². The molecule has 0 heterocycles. The summed E-state index contributed by atoms with van der Waals surface area (Å²) in [5.41, 5.74) is 0. The molecule has 0 aromatic carbocycles. The number of hydrogen-bond acceptors (Lipinski definition) is 3. The highest BCUT2D eigenvalue weighted by Gasteiger charge is 2.53. The molecule has 4 rings (SSSR count). The number of alkyl halides is 1. The molecule has 4 heteroatoms. The minimum Gasteiger partial charge on any atom is -0.354 e. The average Bonchev–Trinajstić information content (AvgIpc) is 2.33. The first-order valence-electron chi connectivity index (χ1n) is 6.58. The molecule has 0 saturated heterocycles. The Balaban J connectivity index is 1.59. The lowest BCUT2D eigenvalue weighted by molar-refractivity contribution is -0.181. The molecule has 0 aromatic heterocycles. The van der Waals surface area contributed by atoms with Gasteiger partial charge in [-0.2, -0.15) is 0 Å². The molecule has 0 aromatic rings. The quantitative estimate of drug-likeness (QED) is 0.431. The summed E-state index contributed by atoms with van der Waals surface area (Å²) < 4.78 is 11.0. The van der Waals surface area contributed by atoms with Crippen molar-refractivity contribution in [3.05, 3.63) is 0 Å². The zero-order valence-corrected chi connectivity index (χ0v) is 10.7. The number of carbonyl (C=O) groups excluding carboxylic acids is 1. The number of rotatable bonds is 5. The smallest absolute Gasteiger partial charge is 0.147 e. The Morgan fingerprint density at radius 1 is 1.24 bits per heavy atom. The molecule has 96 valence electrons. The summed E-state index contributed by atoms with van der Waals surface area (Å²) in [6, 6.07) is 0. The molecule has 0 radical (unpaired) electrons. The molecule has 4 aliphatic rings. The van der Waals surface area contributed by atoms with E-state index in [1.165, 1.54) is 6.42 Å². The summed E-state index contributed by atoms with van der Waals surface area (Å²) in [6.07, 6.45) is 4.60. The summed E-state index contributed by atoms with van der Waals surface area (Å²) in [5, 5.41) is 0. The van der Waals surface area contributed by atoms with Crippen LogP contribution in [0.15, 0.2) is 0 Å². The number of ether oxygens (including phenoxy) is 2. The Labute approximate surface area is 107 Å². The van der Waals surface area contributed by atoms with E-state index < -0.39 is 0 Å². The Hall–Kier alpha value is -0.120. The fourth-order valence-electron chi connectivity index (χ4n) is 4.07. The lowest BCUT2D eigenvalue weighted by Crippen LogP contribution is -2.55. The Kier molecular flexibility index (Phi) is 3.42. The van der Waals surface area contributed by atoms with Crippen molar-refractivity contribution in [1.29, 1.82) is 0 Å². The van der Waals surface area contributed by atoms with E-state index in [9.17, 15) is 4.79 Å². The van der Waals surface area contributed by atoms with Crippen LogP contribution in [-0.2, 0) is 14.3 Å². The molecule has 4 aliphatic carbocycles. The third kappa shape index (κ3) is 2.13. The van der Waals surface area contributed by atoms with Gasteiger partial charge in [0.25, 0.3) is 0 Å². The van der Waals surface area contributed by atoms with Crippen LogP contribution in [0, 0.1) is 23.7 Å². The van der Waals surface area contributed by atoms with Gasteiger partial charge in [0.2, 0.25) is 0 Å². The van der Waals surface area contributed by atoms with E-state index in [2.05, 4.69) is 0 Å². The number of ketones is 1. The average molecular weight is 259 g/mol. The van der Waals surface area contributed by atoms with Crippen molar-refractivity contribution in [3.63, 3.8) is 0 Å². The number of hydrogen-bond donors (Lipinski definition) is 0. The minimum atomic E-state index is 0.116. The van der Waals surface area contributed by atoms with Crippen LogP contribution in [-0.4, -0.2) is 31.2 Å². The number of Topliss-reactive ketones (excluding diaryl/α,β-unsaturated/α-hetero) is 1. The van der Waals surface area contributed by atoms with E-state index in [1.807, 2.05) is 0 Å². The van der Waals surface area contributed by atoms with E-state index >= 15 is 0 Å². The maximum Gasteiger partial charge on any atom is 0.147 e. The normalized spacial score (nSPS) is 43.4. The second-order valence-corrected chi connectivity index (χ2v) is 6.00. The molecule has 0 N–H and O–H groups in total. The van der Waals surface area contributed by atoms with Gasteiger partial charge in [-0.15, -0.1) is 11.6 Å². The van der Waals surface area contributed by atoms with Gasteiger partial charge >= 0.3 is 0 Å². The Morgan fingerprint density at radius 2 is 2.12 bits per heavy atom. The number of carbonyl (C=O) groups is 1. The van der Waals surface area contributed by atoms with Crippen molar-refractivity contribution in [2.24, 2.45) is 23.7 Å². The SMILES string of the molecule is O=C1[C@@H]2C[C@H]3C[C@@H](C2)C(OCOCCCl)[C@@H]1C3. The largest absolute Gasteiger partial charge is 0.354 e. The molecule has 17 heavy (non-hydrogen) atoms. The van der Waals surface area contributed by atoms with Crippen LogP contribution in [0.25, 0.3) is 0 Å². The zero-order chi connectivity index (χ0) is 11.8. The monoisotopic (exact) mass is 258 g/mol. The predicted molar refractivity (Wildman–Crippen MR) is 63.8 cm³/mol. The van der Waals surface area contributed by atoms with Crippen LogP contribution >= 0.6 is 11.6 Å². The van der Waals surface area contributed by atoms with E-state index in [0.717, 1.165) is 25.2 Å². The highest BCUT2D eigenvalue weighted by atomic mass is 35.5. The molecule has 0 spiro atoms. The molecule has 1 unspecified atom stereocenters. The Bertz CT molecular complexity index is 307. The van der Waals surface area contributed by atoms with Crippen molar-refractivity contribution in [2.45, 2.75) is 31.8 Å². The van der Waals surface area contributed by atoms with Crippen molar-refractivity contribution in [1.82, 2.24) is 0 Å². The molecular formula is C13H19ClO3. The second kappa shape index (κ2) is 4.87. The van der Waals surface area contributed by atoms with Gasteiger partial charge in [0, 0.05) is 17.7 Å². The first kappa shape index (κ1) is 11.9. The summed E-state index contributed by atoms with van der Waals surface area (Å²) in [4.78, 5) is 12.1. The van der Waals surface area contributed by atoms with Crippen LogP contribution < -0.4 is 0 Å². The minimum absolute atomic E-state index is 0.116. The van der Waals surface area contributed by atoms with Crippen molar-refractivity contribution >= 4 is 17.4 Å². The van der Waals surface area contributed by atoms with E-state index in [-0.39, 0.29) is 18.8 Å². The lowest BCUT2D eigenvalue weighted by atomic mass is 9.54. The van der Waals surface area contributed by atoms with Crippen molar-refractivity contribution < 1.29 is 14.3 Å². The van der Waals surface area contributed by atoms with Gasteiger partial charge in [0.05, 0.1) is 12.7 Å². The van der Waals surface area contributed by atoms with Crippen LogP contribution in [0.3, 0.4) is 0 Å². The van der Waals surface area contributed by atoms with Gasteiger partial charge in [-0.1, -0.05) is 0 Å². The fourth-order valence-corrected chi connectivity index (χ4v) is 4.18. The molecule has 4 fully saturated rings. The highest BCUT2D eigenvalue weighted by Crippen LogP contribution is 2.52. The first-order chi connectivity index (χ1) is 8.29. The van der Waals surface area contributed by atoms with Gasteiger partial charge in [-0.25, -0.2) is 0 Å². The maximum atomic E-state index is 12.1. The van der Waals surface area contributed by atoms with Gasteiger partial charge in [-0.3, -0.25) is 4.79 Å². The topological polar surface area (TPSA) is 35.5 Å². The fraction of sp³-hybridized carbons (Fsp3) is 0.923. The molecular weight excluding hydrogens is 240 g/mol. The zero-order valence-electron chi connectivity index (χ0n) is 9.94. The standard InChI is InChI=1S/C13H19ClO3/c14-1-2-16-7-17-13-10-4-8-3-9(6-10)12(15)11(13)5-8/h8-11,13H,1-7H2/t8-,9+,10-,11+,13?/m0/s1. The van der Waals surface area contributed by atoms with Gasteiger partial charge in [0.1, 0.15) is 12.6 Å². The molecule has 4 saturated carbocycles.